The minimum Gasteiger partial charge on any atom is -0.492 e. The summed E-state index contributed by atoms with van der Waals surface area (Å²) in [5, 5.41) is 12.7. The van der Waals surface area contributed by atoms with Gasteiger partial charge in [-0.15, -0.1) is 0 Å². The van der Waals surface area contributed by atoms with Crippen molar-refractivity contribution >= 4 is 11.7 Å². The molecular weight excluding hydrogens is 407 g/mol. The summed E-state index contributed by atoms with van der Waals surface area (Å²) in [6.45, 7) is 6.14. The molecule has 1 aliphatic rings. The number of hydrogen-bond acceptors (Lipinski definition) is 4. The highest BCUT2D eigenvalue weighted by Gasteiger charge is 2.22. The van der Waals surface area contributed by atoms with Crippen molar-refractivity contribution in [2.45, 2.75) is 26.9 Å². The van der Waals surface area contributed by atoms with Crippen molar-refractivity contribution in [3.63, 3.8) is 0 Å². The van der Waals surface area contributed by atoms with Gasteiger partial charge in [-0.2, -0.15) is 5.26 Å². The average Bonchev–Trinajstić information content (AvgIpc) is 2.92. The number of nitriles is 1. The molecule has 0 aliphatic carbocycles. The minimum absolute atomic E-state index is 0.183. The molecule has 0 bridgehead atoms. The van der Waals surface area contributed by atoms with Crippen molar-refractivity contribution in [2.24, 2.45) is 0 Å². The predicted molar refractivity (Wildman–Crippen MR) is 120 cm³/mol. The normalized spacial score (nSPS) is 13.6. The molecule has 164 valence electrons. The highest BCUT2D eigenvalue weighted by Crippen LogP contribution is 2.28. The number of para-hydroxylation sites is 1. The average molecular weight is 432 g/mol. The summed E-state index contributed by atoms with van der Waals surface area (Å²) in [6.07, 6.45) is 0. The molecule has 1 amide bonds. The van der Waals surface area contributed by atoms with Crippen molar-refractivity contribution in [3.8, 4) is 11.8 Å². The molecule has 0 saturated carbocycles. The van der Waals surface area contributed by atoms with Gasteiger partial charge in [0.1, 0.15) is 30.1 Å². The summed E-state index contributed by atoms with van der Waals surface area (Å²) in [5.74, 6) is 0.826. The Morgan fingerprint density at radius 3 is 2.69 bits per heavy atom. The number of aromatic nitrogens is 1. The summed E-state index contributed by atoms with van der Waals surface area (Å²) in [5.41, 5.74) is 4.08. The Kier molecular flexibility index (Phi) is 6.24. The van der Waals surface area contributed by atoms with E-state index in [0.717, 1.165) is 28.1 Å². The van der Waals surface area contributed by atoms with Gasteiger partial charge in [0.25, 0.3) is 0 Å². The molecule has 0 saturated heterocycles. The van der Waals surface area contributed by atoms with E-state index in [1.165, 1.54) is 12.1 Å². The van der Waals surface area contributed by atoms with Crippen molar-refractivity contribution in [2.75, 3.05) is 25.0 Å². The standard InChI is InChI=1S/C25H25FN4O2/c1-17-18(2)30(14-19-7-9-21(26)10-8-19)25(22(17)13-27)28-24(31)16-29-11-12-32-23-6-4-3-5-20(23)15-29/h3-10H,11-12,14-16H2,1-2H3,(H,28,31). The molecule has 3 aromatic rings. The summed E-state index contributed by atoms with van der Waals surface area (Å²) in [6, 6.07) is 16.3. The molecule has 1 N–H and O–H groups in total. The number of ether oxygens (including phenoxy) is 1. The van der Waals surface area contributed by atoms with Crippen molar-refractivity contribution < 1.29 is 13.9 Å². The van der Waals surface area contributed by atoms with E-state index in [4.69, 9.17) is 4.74 Å². The highest BCUT2D eigenvalue weighted by atomic mass is 19.1. The Bertz CT molecular complexity index is 1180. The maximum Gasteiger partial charge on any atom is 0.239 e. The van der Waals surface area contributed by atoms with Gasteiger partial charge in [0.05, 0.1) is 12.1 Å². The maximum atomic E-state index is 13.3. The Hall–Kier alpha value is -3.63. The molecule has 0 fully saturated rings. The van der Waals surface area contributed by atoms with E-state index in [1.807, 2.05) is 47.6 Å². The largest absolute Gasteiger partial charge is 0.492 e. The van der Waals surface area contributed by atoms with Crippen molar-refractivity contribution in [1.82, 2.24) is 9.47 Å². The number of anilines is 1. The zero-order chi connectivity index (χ0) is 22.7. The van der Waals surface area contributed by atoms with Gasteiger partial charge in [-0.3, -0.25) is 9.69 Å². The van der Waals surface area contributed by atoms with Crippen LogP contribution in [0.15, 0.2) is 48.5 Å². The lowest BCUT2D eigenvalue weighted by molar-refractivity contribution is -0.117. The van der Waals surface area contributed by atoms with Crippen LogP contribution in [0.25, 0.3) is 0 Å². The van der Waals surface area contributed by atoms with Crippen LogP contribution in [0.2, 0.25) is 0 Å². The Balaban J connectivity index is 1.54. The van der Waals surface area contributed by atoms with Crippen LogP contribution in [0, 0.1) is 31.0 Å². The third-order valence-electron chi connectivity index (χ3n) is 5.85. The van der Waals surface area contributed by atoms with Gasteiger partial charge in [-0.1, -0.05) is 30.3 Å². The third kappa shape index (κ3) is 4.51. The number of benzene rings is 2. The Labute approximate surface area is 186 Å². The molecule has 0 radical (unpaired) electrons. The van der Waals surface area contributed by atoms with Crippen LogP contribution in [-0.4, -0.2) is 35.1 Å². The Morgan fingerprint density at radius 2 is 1.94 bits per heavy atom. The first-order valence-corrected chi connectivity index (χ1v) is 10.5. The predicted octanol–water partition coefficient (Wildman–Crippen LogP) is 4.00. The Morgan fingerprint density at radius 1 is 1.19 bits per heavy atom. The van der Waals surface area contributed by atoms with Crippen LogP contribution in [0.3, 0.4) is 0 Å². The first kappa shape index (κ1) is 21.6. The first-order chi connectivity index (χ1) is 15.5. The minimum atomic E-state index is -0.302. The van der Waals surface area contributed by atoms with E-state index in [-0.39, 0.29) is 18.3 Å². The van der Waals surface area contributed by atoms with E-state index in [2.05, 4.69) is 11.4 Å². The molecule has 6 nitrogen and oxygen atoms in total. The van der Waals surface area contributed by atoms with Crippen LogP contribution in [-0.2, 0) is 17.9 Å². The van der Waals surface area contributed by atoms with Gasteiger partial charge >= 0.3 is 0 Å². The van der Waals surface area contributed by atoms with Gasteiger partial charge in [-0.25, -0.2) is 4.39 Å². The second kappa shape index (κ2) is 9.25. The van der Waals surface area contributed by atoms with E-state index >= 15 is 0 Å². The van der Waals surface area contributed by atoms with Gasteiger partial charge < -0.3 is 14.6 Å². The lowest BCUT2D eigenvalue weighted by Gasteiger charge is -2.19. The fourth-order valence-corrected chi connectivity index (χ4v) is 3.99. The van der Waals surface area contributed by atoms with Crippen LogP contribution >= 0.6 is 0 Å². The number of amides is 1. The number of hydrogen-bond donors (Lipinski definition) is 1. The van der Waals surface area contributed by atoms with Crippen LogP contribution in [0.5, 0.6) is 5.75 Å². The topological polar surface area (TPSA) is 70.3 Å². The smallest absolute Gasteiger partial charge is 0.239 e. The SMILES string of the molecule is Cc1c(C#N)c(NC(=O)CN2CCOc3ccccc3C2)n(Cc2ccc(F)cc2)c1C. The van der Waals surface area contributed by atoms with Gasteiger partial charge in [0.2, 0.25) is 5.91 Å². The number of halogens is 1. The number of fused-ring (bicyclic) bond motifs is 1. The van der Waals surface area contributed by atoms with Crippen LogP contribution in [0.1, 0.15) is 27.9 Å². The second-order valence-corrected chi connectivity index (χ2v) is 7.97. The summed E-state index contributed by atoms with van der Waals surface area (Å²) in [4.78, 5) is 15.0. The van der Waals surface area contributed by atoms with Gasteiger partial charge in [-0.05, 0) is 43.2 Å². The van der Waals surface area contributed by atoms with E-state index in [9.17, 15) is 14.4 Å². The van der Waals surface area contributed by atoms with E-state index < -0.39 is 0 Å². The molecule has 2 aromatic carbocycles. The molecule has 0 unspecified atom stereocenters. The summed E-state index contributed by atoms with van der Waals surface area (Å²) < 4.78 is 21.0. The first-order valence-electron chi connectivity index (χ1n) is 10.5. The highest BCUT2D eigenvalue weighted by molar-refractivity contribution is 5.93. The van der Waals surface area contributed by atoms with E-state index in [0.29, 0.717) is 37.6 Å². The van der Waals surface area contributed by atoms with Crippen LogP contribution < -0.4 is 10.1 Å². The molecule has 1 aromatic heterocycles. The third-order valence-corrected chi connectivity index (χ3v) is 5.85. The zero-order valence-electron chi connectivity index (χ0n) is 18.2. The lowest BCUT2D eigenvalue weighted by atomic mass is 10.2. The molecule has 7 heteroatoms. The summed E-state index contributed by atoms with van der Waals surface area (Å²) >= 11 is 0. The molecule has 4 rings (SSSR count). The molecule has 0 atom stereocenters. The van der Waals surface area contributed by atoms with Gasteiger partial charge in [0.15, 0.2) is 0 Å². The van der Waals surface area contributed by atoms with Gasteiger partial charge in [0, 0.05) is 30.9 Å². The number of carbonyl (C=O) groups is 1. The van der Waals surface area contributed by atoms with Crippen molar-refractivity contribution in [3.05, 3.63) is 82.3 Å². The zero-order valence-corrected chi connectivity index (χ0v) is 18.2. The fourth-order valence-electron chi connectivity index (χ4n) is 3.99. The number of nitrogens with one attached hydrogen (secondary N) is 1. The quantitative estimate of drug-likeness (QED) is 0.662. The lowest BCUT2D eigenvalue weighted by Crippen LogP contribution is -2.35. The maximum absolute atomic E-state index is 13.3. The molecule has 1 aliphatic heterocycles. The monoisotopic (exact) mass is 432 g/mol. The second-order valence-electron chi connectivity index (χ2n) is 7.97. The number of nitrogens with zero attached hydrogens (tertiary/aromatic N) is 3. The molecule has 2 heterocycles. The number of rotatable bonds is 5. The number of carbonyl (C=O) groups excluding carboxylic acids is 1. The molecule has 0 spiro atoms. The molecule has 32 heavy (non-hydrogen) atoms. The van der Waals surface area contributed by atoms with E-state index in [1.54, 1.807) is 12.1 Å². The fraction of sp³-hybridized carbons (Fsp3) is 0.280. The van der Waals surface area contributed by atoms with Crippen LogP contribution in [0.4, 0.5) is 10.2 Å². The van der Waals surface area contributed by atoms with Crippen molar-refractivity contribution in [1.29, 1.82) is 5.26 Å². The summed E-state index contributed by atoms with van der Waals surface area (Å²) in [7, 11) is 0. The molecular formula is C25H25FN4O2.